The summed E-state index contributed by atoms with van der Waals surface area (Å²) >= 11 is 1.58. The van der Waals surface area contributed by atoms with Crippen LogP contribution in [-0.2, 0) is 25.5 Å². The molecule has 7 nitrogen and oxygen atoms in total. The number of esters is 1. The molecule has 28 heavy (non-hydrogen) atoms. The van der Waals surface area contributed by atoms with Crippen LogP contribution < -0.4 is 10.6 Å². The molecule has 2 atom stereocenters. The Morgan fingerprint density at radius 2 is 1.93 bits per heavy atom. The van der Waals surface area contributed by atoms with E-state index >= 15 is 0 Å². The summed E-state index contributed by atoms with van der Waals surface area (Å²) in [5.74, 6) is -0.466. The van der Waals surface area contributed by atoms with Gasteiger partial charge in [-0.05, 0) is 37.0 Å². The quantitative estimate of drug-likeness (QED) is 0.525. The first kappa shape index (κ1) is 21.8. The third-order valence-electron chi connectivity index (χ3n) is 4.29. The average Bonchev–Trinajstić information content (AvgIpc) is 3.07. The Balaban J connectivity index is 2.16. The van der Waals surface area contributed by atoms with Crippen LogP contribution in [0.5, 0.6) is 0 Å². The lowest BCUT2D eigenvalue weighted by molar-refractivity contribution is -0.147. The van der Waals surface area contributed by atoms with Crippen LogP contribution in [0.3, 0.4) is 0 Å². The van der Waals surface area contributed by atoms with Crippen molar-refractivity contribution >= 4 is 40.4 Å². The minimum atomic E-state index is -0.789. The number of fused-ring (bicyclic) bond motifs is 1. The molecule has 0 aliphatic heterocycles. The summed E-state index contributed by atoms with van der Waals surface area (Å²) in [7, 11) is 0. The van der Waals surface area contributed by atoms with E-state index in [0.29, 0.717) is 18.6 Å². The largest absolute Gasteiger partial charge is 0.464 e. The first-order chi connectivity index (χ1) is 13.5. The van der Waals surface area contributed by atoms with Crippen molar-refractivity contribution in [1.82, 2.24) is 15.6 Å². The summed E-state index contributed by atoms with van der Waals surface area (Å²) in [6.07, 6.45) is 4.55. The second kappa shape index (κ2) is 10.8. The molecule has 0 aliphatic rings. The molecule has 2 amide bonds. The van der Waals surface area contributed by atoms with Gasteiger partial charge in [0.2, 0.25) is 11.8 Å². The van der Waals surface area contributed by atoms with Crippen LogP contribution in [0.15, 0.2) is 30.5 Å². The fourth-order valence-electron chi connectivity index (χ4n) is 2.97. The van der Waals surface area contributed by atoms with Crippen molar-refractivity contribution in [1.29, 1.82) is 0 Å². The highest BCUT2D eigenvalue weighted by atomic mass is 32.2. The fourth-order valence-corrected chi connectivity index (χ4v) is 3.45. The molecule has 2 rings (SSSR count). The van der Waals surface area contributed by atoms with Gasteiger partial charge in [-0.2, -0.15) is 11.8 Å². The minimum Gasteiger partial charge on any atom is -0.464 e. The standard InChI is InChI=1S/C20H27N3O4S/c1-4-27-20(26)17(9-10-28-3)23-19(25)18(22-13(2)24)11-14-12-21-16-8-6-5-7-15(14)16/h5-8,12,17-18,21H,4,9-11H2,1-3H3,(H,22,24)(H,23,25)/t17-,18-/m1/s1. The molecule has 152 valence electrons. The van der Waals surface area contributed by atoms with Crippen molar-refractivity contribution in [3.63, 3.8) is 0 Å². The topological polar surface area (TPSA) is 100 Å². The highest BCUT2D eigenvalue weighted by Gasteiger charge is 2.27. The van der Waals surface area contributed by atoms with E-state index in [-0.39, 0.29) is 12.5 Å². The molecule has 1 aromatic heterocycles. The van der Waals surface area contributed by atoms with Crippen LogP contribution in [0.1, 0.15) is 25.8 Å². The third kappa shape index (κ3) is 6.02. The number of carbonyl (C=O) groups excluding carboxylic acids is 3. The van der Waals surface area contributed by atoms with Crippen LogP contribution >= 0.6 is 11.8 Å². The summed E-state index contributed by atoms with van der Waals surface area (Å²) in [6.45, 7) is 3.34. The van der Waals surface area contributed by atoms with Gasteiger partial charge in [-0.15, -0.1) is 0 Å². The number of nitrogens with one attached hydrogen (secondary N) is 3. The molecular weight excluding hydrogens is 378 g/mol. The maximum atomic E-state index is 12.9. The van der Waals surface area contributed by atoms with Gasteiger partial charge in [0.1, 0.15) is 12.1 Å². The zero-order chi connectivity index (χ0) is 20.5. The SMILES string of the molecule is CCOC(=O)[C@@H](CCSC)NC(=O)[C@@H](Cc1c[nH]c2ccccc12)NC(C)=O. The molecule has 0 spiro atoms. The normalized spacial score (nSPS) is 13.0. The lowest BCUT2D eigenvalue weighted by atomic mass is 10.0. The fraction of sp³-hybridized carbons (Fsp3) is 0.450. The van der Waals surface area contributed by atoms with Gasteiger partial charge in [-0.25, -0.2) is 4.79 Å². The zero-order valence-electron chi connectivity index (χ0n) is 16.4. The minimum absolute atomic E-state index is 0.245. The number of aromatic nitrogens is 1. The Hall–Kier alpha value is -2.48. The van der Waals surface area contributed by atoms with E-state index in [1.54, 1.807) is 18.7 Å². The van der Waals surface area contributed by atoms with Gasteiger partial charge in [0.05, 0.1) is 6.61 Å². The van der Waals surface area contributed by atoms with Crippen molar-refractivity contribution in [3.8, 4) is 0 Å². The van der Waals surface area contributed by atoms with Gasteiger partial charge in [-0.1, -0.05) is 18.2 Å². The van der Waals surface area contributed by atoms with Crippen LogP contribution in [0.4, 0.5) is 0 Å². The number of rotatable bonds is 10. The molecule has 1 heterocycles. The lowest BCUT2D eigenvalue weighted by Gasteiger charge is -2.22. The predicted octanol–water partition coefficient (Wildman–Crippen LogP) is 2.02. The maximum Gasteiger partial charge on any atom is 0.328 e. The summed E-state index contributed by atoms with van der Waals surface area (Å²) in [4.78, 5) is 39.9. The van der Waals surface area contributed by atoms with Crippen LogP contribution in [0, 0.1) is 0 Å². The summed E-state index contributed by atoms with van der Waals surface area (Å²) in [5.41, 5.74) is 1.88. The van der Waals surface area contributed by atoms with Crippen molar-refractivity contribution in [2.75, 3.05) is 18.6 Å². The number of benzene rings is 1. The van der Waals surface area contributed by atoms with Gasteiger partial charge in [0, 0.05) is 30.4 Å². The average molecular weight is 406 g/mol. The second-order valence-corrected chi connectivity index (χ2v) is 7.40. The van der Waals surface area contributed by atoms with Gasteiger partial charge >= 0.3 is 5.97 Å². The molecule has 0 fully saturated rings. The molecule has 0 bridgehead atoms. The van der Waals surface area contributed by atoms with Crippen molar-refractivity contribution in [2.45, 2.75) is 38.8 Å². The summed E-state index contributed by atoms with van der Waals surface area (Å²) in [6, 6.07) is 6.24. The number of para-hydroxylation sites is 1. The van der Waals surface area contributed by atoms with Crippen LogP contribution in [-0.4, -0.2) is 53.5 Å². The molecule has 1 aromatic carbocycles. The Kier molecular flexibility index (Phi) is 8.38. The molecule has 3 N–H and O–H groups in total. The molecule has 0 saturated heterocycles. The van der Waals surface area contributed by atoms with E-state index in [2.05, 4.69) is 15.6 Å². The van der Waals surface area contributed by atoms with E-state index in [4.69, 9.17) is 4.74 Å². The van der Waals surface area contributed by atoms with E-state index in [1.165, 1.54) is 6.92 Å². The number of carbonyl (C=O) groups is 3. The number of thioether (sulfide) groups is 1. The number of hydrogen-bond acceptors (Lipinski definition) is 5. The van der Waals surface area contributed by atoms with Crippen molar-refractivity contribution < 1.29 is 19.1 Å². The molecule has 0 radical (unpaired) electrons. The van der Waals surface area contributed by atoms with E-state index in [0.717, 1.165) is 16.5 Å². The molecule has 0 unspecified atom stereocenters. The first-order valence-corrected chi connectivity index (χ1v) is 10.6. The molecule has 0 aliphatic carbocycles. The number of H-pyrrole nitrogens is 1. The monoisotopic (exact) mass is 405 g/mol. The maximum absolute atomic E-state index is 12.9. The van der Waals surface area contributed by atoms with Crippen molar-refractivity contribution in [3.05, 3.63) is 36.0 Å². The first-order valence-electron chi connectivity index (χ1n) is 9.24. The van der Waals surface area contributed by atoms with Gasteiger partial charge < -0.3 is 20.4 Å². The van der Waals surface area contributed by atoms with Crippen LogP contribution in [0.25, 0.3) is 10.9 Å². The number of hydrogen-bond donors (Lipinski definition) is 3. The molecule has 8 heteroatoms. The number of aromatic amines is 1. The highest BCUT2D eigenvalue weighted by Crippen LogP contribution is 2.19. The Morgan fingerprint density at radius 1 is 1.18 bits per heavy atom. The van der Waals surface area contributed by atoms with E-state index in [9.17, 15) is 14.4 Å². The van der Waals surface area contributed by atoms with Crippen molar-refractivity contribution in [2.24, 2.45) is 0 Å². The highest BCUT2D eigenvalue weighted by molar-refractivity contribution is 7.98. The second-order valence-electron chi connectivity index (χ2n) is 6.41. The van der Waals surface area contributed by atoms with Crippen LogP contribution in [0.2, 0.25) is 0 Å². The van der Waals surface area contributed by atoms with Gasteiger partial charge in [-0.3, -0.25) is 9.59 Å². The number of ether oxygens (including phenoxy) is 1. The summed E-state index contributed by atoms with van der Waals surface area (Å²) < 4.78 is 5.07. The third-order valence-corrected chi connectivity index (χ3v) is 4.94. The molecule has 2 aromatic rings. The van der Waals surface area contributed by atoms with E-state index in [1.807, 2.05) is 36.7 Å². The lowest BCUT2D eigenvalue weighted by Crippen LogP contribution is -2.52. The van der Waals surface area contributed by atoms with Gasteiger partial charge in [0.15, 0.2) is 0 Å². The number of amides is 2. The Bertz CT molecular complexity index is 821. The predicted molar refractivity (Wildman–Crippen MR) is 111 cm³/mol. The molecular formula is C20H27N3O4S. The Morgan fingerprint density at radius 3 is 2.61 bits per heavy atom. The smallest absolute Gasteiger partial charge is 0.328 e. The Labute approximate surface area is 169 Å². The van der Waals surface area contributed by atoms with Gasteiger partial charge in [0.25, 0.3) is 0 Å². The molecule has 0 saturated carbocycles. The zero-order valence-corrected chi connectivity index (χ0v) is 17.2. The summed E-state index contributed by atoms with van der Waals surface area (Å²) in [5, 5.41) is 6.44. The van der Waals surface area contributed by atoms with E-state index < -0.39 is 24.0 Å².